The minimum Gasteiger partial charge on any atom is -0.368 e. The topological polar surface area (TPSA) is 119 Å². The molecule has 1 aromatic carbocycles. The highest BCUT2D eigenvalue weighted by molar-refractivity contribution is 5.87. The number of aromatic nitrogens is 2. The van der Waals surface area contributed by atoms with E-state index >= 15 is 0 Å². The van der Waals surface area contributed by atoms with Crippen molar-refractivity contribution in [2.75, 3.05) is 60.9 Å². The highest BCUT2D eigenvalue weighted by atomic mass is 16.2. The summed E-state index contributed by atoms with van der Waals surface area (Å²) in [7, 11) is 0. The second-order valence-electron chi connectivity index (χ2n) is 10.7. The lowest BCUT2D eigenvalue weighted by Gasteiger charge is -2.40. The van der Waals surface area contributed by atoms with Gasteiger partial charge in [0.1, 0.15) is 19.4 Å². The lowest BCUT2D eigenvalue weighted by atomic mass is 9.95. The number of hydrogen-bond acceptors (Lipinski definition) is 9. The van der Waals surface area contributed by atoms with E-state index in [0.717, 1.165) is 93.5 Å². The molecule has 11 nitrogen and oxygen atoms in total. The lowest BCUT2D eigenvalue weighted by molar-refractivity contribution is -0.132. The van der Waals surface area contributed by atoms with E-state index in [1.54, 1.807) is 0 Å². The first-order valence-electron chi connectivity index (χ1n) is 14.9. The van der Waals surface area contributed by atoms with Crippen LogP contribution < -0.4 is 15.1 Å². The normalized spacial score (nSPS) is 15.6. The van der Waals surface area contributed by atoms with Gasteiger partial charge in [0, 0.05) is 81.1 Å². The van der Waals surface area contributed by atoms with Gasteiger partial charge in [-0.2, -0.15) is 4.98 Å². The number of unbranched alkanes of at least 4 members (excludes halogenated alkanes) is 1. The Labute approximate surface area is 259 Å². The number of allylic oxidation sites excluding steroid dienone is 1. The zero-order chi connectivity index (χ0) is 32.1. The number of carbonyl (C=O) groups excluding carboxylic acids is 4. The summed E-state index contributed by atoms with van der Waals surface area (Å²) in [5, 5.41) is 3.35. The molecule has 0 spiro atoms. The van der Waals surface area contributed by atoms with Gasteiger partial charge >= 0.3 is 0 Å². The maximum absolute atomic E-state index is 12.3. The molecule has 0 unspecified atom stereocenters. The number of rotatable bonds is 10. The van der Waals surface area contributed by atoms with E-state index < -0.39 is 0 Å². The van der Waals surface area contributed by atoms with Crippen molar-refractivity contribution in [3.8, 4) is 0 Å². The highest BCUT2D eigenvalue weighted by Gasteiger charge is 2.30. The van der Waals surface area contributed by atoms with E-state index in [4.69, 9.17) is 14.6 Å². The van der Waals surface area contributed by atoms with Gasteiger partial charge in [0.2, 0.25) is 17.8 Å². The standard InChI is InChI=1S/C31H39N7O2.2CH2O/c1-4-6-7-29(40)36-18-16-35(17-19-36)27-12-10-26(11-13-27)33-31-32-20-25-9-8-23(3)38(30(25)34-31)15-14-24-21-37(22-24)28(39)5-2;2*1-2/h5,8-13,20,24H,2-4,6-7,14-19,21-22H2,1H3,(H,32,33,34);2*1H2. The molecular weight excluding hydrogens is 558 g/mol. The van der Waals surface area contributed by atoms with E-state index in [1.807, 2.05) is 53.9 Å². The van der Waals surface area contributed by atoms with Crippen LogP contribution in [-0.4, -0.2) is 91.0 Å². The number of likely N-dealkylation sites (tertiary alicyclic amines) is 1. The molecule has 44 heavy (non-hydrogen) atoms. The van der Waals surface area contributed by atoms with Crippen LogP contribution in [0.4, 0.5) is 23.1 Å². The molecule has 1 aromatic heterocycles. The van der Waals surface area contributed by atoms with Crippen LogP contribution in [0.25, 0.3) is 6.08 Å². The summed E-state index contributed by atoms with van der Waals surface area (Å²) in [6, 6.07) is 8.29. The van der Waals surface area contributed by atoms with Gasteiger partial charge in [-0.05, 0) is 61.3 Å². The van der Waals surface area contributed by atoms with Crippen molar-refractivity contribution < 1.29 is 19.2 Å². The number of amides is 2. The first-order valence-corrected chi connectivity index (χ1v) is 14.9. The molecule has 234 valence electrons. The maximum Gasteiger partial charge on any atom is 0.245 e. The molecule has 3 aliphatic rings. The third-order valence-electron chi connectivity index (χ3n) is 7.92. The van der Waals surface area contributed by atoms with Gasteiger partial charge in [0.05, 0.1) is 0 Å². The minimum absolute atomic E-state index is 0.000248. The fourth-order valence-corrected chi connectivity index (χ4v) is 5.40. The molecule has 1 N–H and O–H groups in total. The van der Waals surface area contributed by atoms with Gasteiger partial charge in [-0.25, -0.2) is 4.98 Å². The molecule has 2 amide bonds. The number of nitrogens with zero attached hydrogens (tertiary/aromatic N) is 6. The SMILES string of the molecule is C=CC(=O)N1CC(CCN2C(=C)C=Cc3cnc(Nc4ccc(N5CCN(C(=O)CCCC)CC5)cc4)nc32)C1.C=O.C=O. The molecule has 2 saturated heterocycles. The summed E-state index contributed by atoms with van der Waals surface area (Å²) in [4.78, 5) is 57.7. The molecule has 0 saturated carbocycles. The highest BCUT2D eigenvalue weighted by Crippen LogP contribution is 2.31. The Bertz CT molecular complexity index is 1310. The van der Waals surface area contributed by atoms with E-state index in [9.17, 15) is 9.59 Å². The maximum atomic E-state index is 12.3. The zero-order valence-corrected chi connectivity index (χ0v) is 25.6. The Hall–Kier alpha value is -4.80. The molecule has 2 fully saturated rings. The second kappa shape index (κ2) is 16.7. The summed E-state index contributed by atoms with van der Waals surface area (Å²) in [6.45, 7) is 19.5. The van der Waals surface area contributed by atoms with Gasteiger partial charge < -0.3 is 34.5 Å². The summed E-state index contributed by atoms with van der Waals surface area (Å²) in [5.41, 5.74) is 3.91. The van der Waals surface area contributed by atoms with Gasteiger partial charge in [-0.3, -0.25) is 9.59 Å². The van der Waals surface area contributed by atoms with Crippen molar-refractivity contribution in [2.24, 2.45) is 5.92 Å². The quantitative estimate of drug-likeness (QED) is 0.402. The Kier molecular flexibility index (Phi) is 12.8. The van der Waals surface area contributed by atoms with E-state index in [1.165, 1.54) is 6.08 Å². The van der Waals surface area contributed by atoms with Crippen LogP contribution in [0.1, 0.15) is 38.2 Å². The van der Waals surface area contributed by atoms with E-state index in [0.29, 0.717) is 18.3 Å². The molecule has 3 aliphatic heterocycles. The summed E-state index contributed by atoms with van der Waals surface area (Å²) in [5.74, 6) is 2.11. The van der Waals surface area contributed by atoms with Crippen molar-refractivity contribution in [3.05, 3.63) is 67.0 Å². The molecule has 0 atom stereocenters. The van der Waals surface area contributed by atoms with Gasteiger partial charge in [-0.15, -0.1) is 0 Å². The predicted octanol–water partition coefficient (Wildman–Crippen LogP) is 4.07. The Morgan fingerprint density at radius 3 is 2.32 bits per heavy atom. The molecular formula is C33H43N7O4. The van der Waals surface area contributed by atoms with Crippen LogP contribution in [0.2, 0.25) is 0 Å². The summed E-state index contributed by atoms with van der Waals surface area (Å²) in [6.07, 6.45) is 10.8. The largest absolute Gasteiger partial charge is 0.368 e. The third kappa shape index (κ3) is 8.40. The lowest BCUT2D eigenvalue weighted by Crippen LogP contribution is -2.50. The van der Waals surface area contributed by atoms with Crippen LogP contribution in [0.15, 0.2) is 61.5 Å². The Morgan fingerprint density at radius 2 is 1.68 bits per heavy atom. The van der Waals surface area contributed by atoms with Crippen LogP contribution in [-0.2, 0) is 19.2 Å². The molecule has 11 heteroatoms. The predicted molar refractivity (Wildman–Crippen MR) is 175 cm³/mol. The zero-order valence-electron chi connectivity index (χ0n) is 25.6. The average molecular weight is 602 g/mol. The number of anilines is 4. The monoisotopic (exact) mass is 601 g/mol. The number of nitrogens with one attached hydrogen (secondary N) is 1. The van der Waals surface area contributed by atoms with E-state index in [-0.39, 0.29) is 11.8 Å². The van der Waals surface area contributed by atoms with Crippen LogP contribution in [0, 0.1) is 5.92 Å². The van der Waals surface area contributed by atoms with E-state index in [2.05, 4.69) is 52.3 Å². The number of hydrogen-bond donors (Lipinski definition) is 1. The first kappa shape index (κ1) is 33.7. The third-order valence-corrected chi connectivity index (χ3v) is 7.92. The fraction of sp³-hybridized carbons (Fsp3) is 0.394. The molecule has 5 rings (SSSR count). The number of piperazine rings is 1. The molecule has 4 heterocycles. The fourth-order valence-electron chi connectivity index (χ4n) is 5.40. The van der Waals surface area contributed by atoms with Crippen LogP contribution in [0.5, 0.6) is 0 Å². The van der Waals surface area contributed by atoms with Crippen molar-refractivity contribution >= 4 is 54.6 Å². The number of carbonyl (C=O) groups is 4. The van der Waals surface area contributed by atoms with Crippen molar-refractivity contribution in [1.29, 1.82) is 0 Å². The first-order chi connectivity index (χ1) is 21.4. The Balaban J connectivity index is 0.00000127. The number of fused-ring (bicyclic) bond motifs is 1. The summed E-state index contributed by atoms with van der Waals surface area (Å²) >= 11 is 0. The van der Waals surface area contributed by atoms with Crippen molar-refractivity contribution in [2.45, 2.75) is 32.6 Å². The Morgan fingerprint density at radius 1 is 1.00 bits per heavy atom. The van der Waals surface area contributed by atoms with Gasteiger partial charge in [0.25, 0.3) is 0 Å². The minimum atomic E-state index is 0.000248. The smallest absolute Gasteiger partial charge is 0.245 e. The van der Waals surface area contributed by atoms with Gasteiger partial charge in [0.15, 0.2) is 0 Å². The molecule has 0 bridgehead atoms. The second-order valence-corrected chi connectivity index (χ2v) is 10.7. The van der Waals surface area contributed by atoms with Crippen molar-refractivity contribution in [3.63, 3.8) is 0 Å². The van der Waals surface area contributed by atoms with Crippen molar-refractivity contribution in [1.82, 2.24) is 19.8 Å². The molecule has 0 radical (unpaired) electrons. The average Bonchev–Trinajstić information content (AvgIpc) is 3.06. The number of benzene rings is 1. The van der Waals surface area contributed by atoms with Gasteiger partial charge in [-0.1, -0.05) is 26.5 Å². The van der Waals surface area contributed by atoms with Crippen LogP contribution >= 0.6 is 0 Å². The molecule has 0 aliphatic carbocycles. The molecule has 2 aromatic rings. The summed E-state index contributed by atoms with van der Waals surface area (Å²) < 4.78 is 0. The van der Waals surface area contributed by atoms with Crippen LogP contribution in [0.3, 0.4) is 0 Å².